The van der Waals surface area contributed by atoms with E-state index in [0.29, 0.717) is 12.5 Å². The van der Waals surface area contributed by atoms with E-state index in [2.05, 4.69) is 0 Å². The highest BCUT2D eigenvalue weighted by Crippen LogP contribution is 2.31. The molecule has 0 saturated heterocycles. The van der Waals surface area contributed by atoms with Crippen molar-refractivity contribution in [1.82, 2.24) is 4.90 Å². The summed E-state index contributed by atoms with van der Waals surface area (Å²) in [4.78, 5) is 1.54. The number of alkyl halides is 3. The van der Waals surface area contributed by atoms with Crippen LogP contribution in [-0.2, 0) is 0 Å². The van der Waals surface area contributed by atoms with Crippen molar-refractivity contribution in [3.05, 3.63) is 35.4 Å². The van der Waals surface area contributed by atoms with E-state index in [4.69, 9.17) is 0 Å². The monoisotopic (exact) mass is 323 g/mol. The maximum atomic E-state index is 13.2. The predicted molar refractivity (Wildman–Crippen MR) is 71.2 cm³/mol. The minimum atomic E-state index is -4.26. The molecule has 7 heteroatoms. The Balaban J connectivity index is 1.96. The topological polar surface area (TPSA) is 23.5 Å². The first-order valence-corrected chi connectivity index (χ1v) is 7.17. The lowest BCUT2D eigenvalue weighted by Gasteiger charge is -2.25. The zero-order valence-corrected chi connectivity index (χ0v) is 11.9. The normalized spacial score (nSPS) is 17.0. The average Bonchev–Trinajstić information content (AvgIpc) is 3.22. The van der Waals surface area contributed by atoms with E-state index in [-0.39, 0.29) is 18.7 Å². The van der Waals surface area contributed by atoms with Gasteiger partial charge in [-0.25, -0.2) is 8.78 Å². The Labute approximate surface area is 125 Å². The maximum absolute atomic E-state index is 13.2. The minimum Gasteiger partial charge on any atom is -0.387 e. The van der Waals surface area contributed by atoms with E-state index >= 15 is 0 Å². The Morgan fingerprint density at radius 1 is 1.18 bits per heavy atom. The Hall–Kier alpha value is -1.21. The van der Waals surface area contributed by atoms with Crippen molar-refractivity contribution in [2.24, 2.45) is 5.92 Å². The number of aliphatic hydroxyl groups excluding tert-OH is 1. The van der Waals surface area contributed by atoms with Crippen LogP contribution in [0.1, 0.15) is 30.9 Å². The van der Waals surface area contributed by atoms with Crippen molar-refractivity contribution < 1.29 is 27.1 Å². The number of halogens is 5. The summed E-state index contributed by atoms with van der Waals surface area (Å²) in [7, 11) is 0. The van der Waals surface area contributed by atoms with Gasteiger partial charge in [-0.3, -0.25) is 4.90 Å². The van der Waals surface area contributed by atoms with Crippen LogP contribution in [-0.4, -0.2) is 35.8 Å². The first kappa shape index (κ1) is 17.1. The molecule has 1 aromatic carbocycles. The fourth-order valence-electron chi connectivity index (χ4n) is 2.28. The Morgan fingerprint density at radius 2 is 1.86 bits per heavy atom. The second-order valence-electron chi connectivity index (χ2n) is 5.76. The molecule has 1 saturated carbocycles. The first-order valence-electron chi connectivity index (χ1n) is 7.17. The third-order valence-electron chi connectivity index (χ3n) is 3.68. The van der Waals surface area contributed by atoms with Crippen molar-refractivity contribution in [2.75, 3.05) is 19.6 Å². The lowest BCUT2D eigenvalue weighted by molar-refractivity contribution is -0.138. The largest absolute Gasteiger partial charge is 0.390 e. The van der Waals surface area contributed by atoms with Gasteiger partial charge in [-0.1, -0.05) is 6.07 Å². The first-order chi connectivity index (χ1) is 10.2. The van der Waals surface area contributed by atoms with Crippen LogP contribution in [0.25, 0.3) is 0 Å². The number of benzene rings is 1. The van der Waals surface area contributed by atoms with Gasteiger partial charge < -0.3 is 5.11 Å². The minimum absolute atomic E-state index is 0.0301. The summed E-state index contributed by atoms with van der Waals surface area (Å²) in [6.07, 6.45) is -4.41. The van der Waals surface area contributed by atoms with Gasteiger partial charge in [0.1, 0.15) is 0 Å². The van der Waals surface area contributed by atoms with Crippen molar-refractivity contribution in [1.29, 1.82) is 0 Å². The van der Waals surface area contributed by atoms with Gasteiger partial charge in [0.15, 0.2) is 11.6 Å². The fourth-order valence-corrected chi connectivity index (χ4v) is 2.28. The molecule has 0 aliphatic heterocycles. The molecule has 0 heterocycles. The standard InChI is InChI=1S/C15H18F5NO/c16-12-4-3-11(7-13(12)17)14(22)9-21(8-10-1-2-10)6-5-15(18,19)20/h3-4,7,10,14,22H,1-2,5-6,8-9H2. The zero-order valence-electron chi connectivity index (χ0n) is 11.9. The van der Waals surface area contributed by atoms with E-state index < -0.39 is 30.3 Å². The quantitative estimate of drug-likeness (QED) is 0.774. The molecule has 1 aromatic rings. The summed E-state index contributed by atoms with van der Waals surface area (Å²) >= 11 is 0. The molecule has 0 radical (unpaired) electrons. The van der Waals surface area contributed by atoms with E-state index in [9.17, 15) is 27.1 Å². The molecule has 1 N–H and O–H groups in total. The molecule has 1 atom stereocenters. The Bertz CT molecular complexity index is 501. The van der Waals surface area contributed by atoms with E-state index in [1.165, 1.54) is 11.0 Å². The van der Waals surface area contributed by atoms with Crippen molar-refractivity contribution in [2.45, 2.75) is 31.5 Å². The molecule has 0 aromatic heterocycles. The maximum Gasteiger partial charge on any atom is 0.390 e. The zero-order chi connectivity index (χ0) is 16.3. The van der Waals surface area contributed by atoms with Crippen LogP contribution in [0.15, 0.2) is 18.2 Å². The van der Waals surface area contributed by atoms with Crippen molar-refractivity contribution in [3.63, 3.8) is 0 Å². The van der Waals surface area contributed by atoms with Gasteiger partial charge in [-0.2, -0.15) is 13.2 Å². The molecule has 0 bridgehead atoms. The van der Waals surface area contributed by atoms with Gasteiger partial charge in [-0.15, -0.1) is 0 Å². The van der Waals surface area contributed by atoms with Gasteiger partial charge in [0, 0.05) is 19.6 Å². The highest BCUT2D eigenvalue weighted by Gasteiger charge is 2.31. The van der Waals surface area contributed by atoms with Gasteiger partial charge in [0.25, 0.3) is 0 Å². The molecule has 1 aliphatic rings. The molecule has 1 unspecified atom stereocenters. The van der Waals surface area contributed by atoms with Gasteiger partial charge in [0.05, 0.1) is 12.5 Å². The summed E-state index contributed by atoms with van der Waals surface area (Å²) in [5, 5.41) is 10.1. The second-order valence-corrected chi connectivity index (χ2v) is 5.76. The molecule has 2 nitrogen and oxygen atoms in total. The molecule has 0 amide bonds. The fraction of sp³-hybridized carbons (Fsp3) is 0.600. The van der Waals surface area contributed by atoms with Crippen LogP contribution < -0.4 is 0 Å². The number of nitrogens with zero attached hydrogens (tertiary/aromatic N) is 1. The molecule has 1 aliphatic carbocycles. The van der Waals surface area contributed by atoms with Crippen LogP contribution in [0.5, 0.6) is 0 Å². The van der Waals surface area contributed by atoms with E-state index in [0.717, 1.165) is 25.0 Å². The second kappa shape index (κ2) is 6.91. The third kappa shape index (κ3) is 5.53. The molecule has 22 heavy (non-hydrogen) atoms. The number of aliphatic hydroxyl groups is 1. The Morgan fingerprint density at radius 3 is 2.41 bits per heavy atom. The van der Waals surface area contributed by atoms with Crippen LogP contribution in [0.3, 0.4) is 0 Å². The van der Waals surface area contributed by atoms with Crippen LogP contribution in [0.4, 0.5) is 22.0 Å². The molecular formula is C15H18F5NO. The van der Waals surface area contributed by atoms with Crippen molar-refractivity contribution >= 4 is 0 Å². The molecule has 124 valence electrons. The summed E-state index contributed by atoms with van der Waals surface area (Å²) < 4.78 is 63.1. The summed E-state index contributed by atoms with van der Waals surface area (Å²) in [5.41, 5.74) is 0.159. The highest BCUT2D eigenvalue weighted by molar-refractivity contribution is 5.20. The summed E-state index contributed by atoms with van der Waals surface area (Å²) in [6, 6.07) is 3.01. The molecule has 0 spiro atoms. The summed E-state index contributed by atoms with van der Waals surface area (Å²) in [5.74, 6) is -1.74. The number of rotatable bonds is 7. The van der Waals surface area contributed by atoms with Gasteiger partial charge >= 0.3 is 6.18 Å². The summed E-state index contributed by atoms with van der Waals surface area (Å²) in [6.45, 7) is 0.245. The third-order valence-corrected chi connectivity index (χ3v) is 3.68. The lowest BCUT2D eigenvalue weighted by Crippen LogP contribution is -2.33. The number of hydrogen-bond donors (Lipinski definition) is 1. The lowest BCUT2D eigenvalue weighted by atomic mass is 10.1. The van der Waals surface area contributed by atoms with E-state index in [1.807, 2.05) is 0 Å². The molecule has 1 fully saturated rings. The van der Waals surface area contributed by atoms with Crippen LogP contribution >= 0.6 is 0 Å². The molecular weight excluding hydrogens is 305 g/mol. The predicted octanol–water partition coefficient (Wildman–Crippen LogP) is 3.66. The average molecular weight is 323 g/mol. The smallest absolute Gasteiger partial charge is 0.387 e. The SMILES string of the molecule is OC(CN(CCC(F)(F)F)CC1CC1)c1ccc(F)c(F)c1. The van der Waals surface area contributed by atoms with Gasteiger partial charge in [-0.05, 0) is 36.5 Å². The Kier molecular flexibility index (Phi) is 5.39. The van der Waals surface area contributed by atoms with E-state index in [1.54, 1.807) is 0 Å². The number of hydrogen-bond acceptors (Lipinski definition) is 2. The highest BCUT2D eigenvalue weighted by atomic mass is 19.4. The van der Waals surface area contributed by atoms with Gasteiger partial charge in [0.2, 0.25) is 0 Å². The van der Waals surface area contributed by atoms with Crippen LogP contribution in [0.2, 0.25) is 0 Å². The molecule has 2 rings (SSSR count). The van der Waals surface area contributed by atoms with Crippen molar-refractivity contribution in [3.8, 4) is 0 Å². The van der Waals surface area contributed by atoms with Crippen LogP contribution in [0, 0.1) is 17.6 Å².